The van der Waals surface area contributed by atoms with Crippen LogP contribution in [0.5, 0.6) is 5.75 Å². The Balaban J connectivity index is 0.000000173. The maximum absolute atomic E-state index is 10.8. The number of nitrogens with two attached hydrogens (primary N) is 1. The number of carboxylic acids is 1. The Kier molecular flexibility index (Phi) is 5.39. The lowest BCUT2D eigenvalue weighted by atomic mass is 9.92. The Morgan fingerprint density at radius 3 is 2.64 bits per heavy atom. The van der Waals surface area contributed by atoms with E-state index in [0.717, 1.165) is 31.6 Å². The highest BCUT2D eigenvalue weighted by atomic mass is 16.5. The van der Waals surface area contributed by atoms with E-state index >= 15 is 0 Å². The van der Waals surface area contributed by atoms with Gasteiger partial charge in [-0.25, -0.2) is 0 Å². The molecule has 0 saturated carbocycles. The smallest absolute Gasteiger partial charge is 0.303 e. The van der Waals surface area contributed by atoms with E-state index < -0.39 is 5.97 Å². The first-order chi connectivity index (χ1) is 12.1. The summed E-state index contributed by atoms with van der Waals surface area (Å²) in [5.74, 6) is 0.467. The van der Waals surface area contributed by atoms with Crippen LogP contribution in [0, 0.1) is 0 Å². The number of rotatable bonds is 3. The lowest BCUT2D eigenvalue weighted by Gasteiger charge is -2.12. The molecule has 3 N–H and O–H groups in total. The Morgan fingerprint density at radius 1 is 1.24 bits per heavy atom. The average molecular weight is 339 g/mol. The number of ether oxygens (including phenoxy) is 1. The molecule has 2 aromatic carbocycles. The fourth-order valence-electron chi connectivity index (χ4n) is 3.72. The standard InChI is InChI=1S/C13H14O3.C8H11N/c14-12(15)7-9-2-1-8-3-4-11-10(13(8)9)5-6-16-11;1-7(9)8-5-3-2-4-6-8/h3-4,9H,1-2,5-7H2,(H,14,15);2-7H,9H2,1H3/t9-;7-/m10/s1. The zero-order valence-electron chi connectivity index (χ0n) is 14.6. The first-order valence-electron chi connectivity index (χ1n) is 8.86. The van der Waals surface area contributed by atoms with Gasteiger partial charge in [-0.05, 0) is 48.4 Å². The molecular formula is C21H25NO3. The van der Waals surface area contributed by atoms with E-state index in [1.54, 1.807) is 0 Å². The molecule has 0 spiro atoms. The zero-order valence-corrected chi connectivity index (χ0v) is 14.6. The SMILES string of the molecule is C[C@H](N)c1ccccc1.O=C(O)C[C@H]1CCc2ccc3c(c21)CCO3. The summed E-state index contributed by atoms with van der Waals surface area (Å²) in [5, 5.41) is 8.92. The molecule has 0 unspecified atom stereocenters. The number of fused-ring (bicyclic) bond motifs is 3. The molecule has 4 rings (SSSR count). The molecule has 0 radical (unpaired) electrons. The van der Waals surface area contributed by atoms with Gasteiger partial charge in [0.1, 0.15) is 5.75 Å². The maximum atomic E-state index is 10.8. The van der Waals surface area contributed by atoms with E-state index in [0.29, 0.717) is 0 Å². The molecule has 0 bridgehead atoms. The van der Waals surface area contributed by atoms with E-state index in [4.69, 9.17) is 15.6 Å². The van der Waals surface area contributed by atoms with Gasteiger partial charge in [0, 0.05) is 18.0 Å². The molecule has 4 nitrogen and oxygen atoms in total. The maximum Gasteiger partial charge on any atom is 0.303 e. The second kappa shape index (κ2) is 7.70. The molecule has 0 saturated heterocycles. The Bertz CT molecular complexity index is 740. The summed E-state index contributed by atoms with van der Waals surface area (Å²) in [6, 6.07) is 14.3. The molecule has 25 heavy (non-hydrogen) atoms. The van der Waals surface area contributed by atoms with Gasteiger partial charge in [0.15, 0.2) is 0 Å². The van der Waals surface area contributed by atoms with Crippen molar-refractivity contribution in [1.29, 1.82) is 0 Å². The van der Waals surface area contributed by atoms with Crippen LogP contribution in [0.15, 0.2) is 42.5 Å². The molecule has 2 aromatic rings. The van der Waals surface area contributed by atoms with Crippen molar-refractivity contribution in [2.75, 3.05) is 6.61 Å². The number of hydrogen-bond donors (Lipinski definition) is 2. The van der Waals surface area contributed by atoms with Gasteiger partial charge in [-0.3, -0.25) is 4.79 Å². The van der Waals surface area contributed by atoms with Crippen molar-refractivity contribution < 1.29 is 14.6 Å². The van der Waals surface area contributed by atoms with Crippen LogP contribution in [0.1, 0.15) is 54.0 Å². The van der Waals surface area contributed by atoms with Crippen molar-refractivity contribution in [3.63, 3.8) is 0 Å². The van der Waals surface area contributed by atoms with Crippen LogP contribution in [0.4, 0.5) is 0 Å². The lowest BCUT2D eigenvalue weighted by molar-refractivity contribution is -0.137. The number of hydrogen-bond acceptors (Lipinski definition) is 3. The number of benzene rings is 2. The molecule has 1 heterocycles. The summed E-state index contributed by atoms with van der Waals surface area (Å²) in [4.78, 5) is 10.8. The number of carboxylic acid groups (broad SMARTS) is 1. The summed E-state index contributed by atoms with van der Waals surface area (Å²) in [5.41, 5.74) is 10.7. The normalized spacial score (nSPS) is 18.4. The van der Waals surface area contributed by atoms with Crippen molar-refractivity contribution in [3.8, 4) is 5.75 Å². The third-order valence-electron chi connectivity index (χ3n) is 4.93. The van der Waals surface area contributed by atoms with Crippen molar-refractivity contribution in [2.24, 2.45) is 5.73 Å². The van der Waals surface area contributed by atoms with Crippen LogP contribution in [-0.4, -0.2) is 17.7 Å². The van der Waals surface area contributed by atoms with Gasteiger partial charge in [0.05, 0.1) is 13.0 Å². The monoisotopic (exact) mass is 339 g/mol. The highest BCUT2D eigenvalue weighted by molar-refractivity contribution is 5.69. The molecule has 1 aliphatic carbocycles. The van der Waals surface area contributed by atoms with E-state index in [-0.39, 0.29) is 18.4 Å². The van der Waals surface area contributed by atoms with Gasteiger partial charge in [0.25, 0.3) is 0 Å². The van der Waals surface area contributed by atoms with E-state index in [2.05, 4.69) is 6.07 Å². The summed E-state index contributed by atoms with van der Waals surface area (Å²) < 4.78 is 5.53. The summed E-state index contributed by atoms with van der Waals surface area (Å²) in [7, 11) is 0. The quantitative estimate of drug-likeness (QED) is 0.891. The summed E-state index contributed by atoms with van der Waals surface area (Å²) in [6.45, 7) is 2.72. The fraction of sp³-hybridized carbons (Fsp3) is 0.381. The van der Waals surface area contributed by atoms with Gasteiger partial charge in [0.2, 0.25) is 0 Å². The molecule has 132 valence electrons. The van der Waals surface area contributed by atoms with Gasteiger partial charge in [-0.15, -0.1) is 0 Å². The third kappa shape index (κ3) is 4.02. The predicted molar refractivity (Wildman–Crippen MR) is 98.0 cm³/mol. The van der Waals surface area contributed by atoms with Gasteiger partial charge < -0.3 is 15.6 Å². The Labute approximate surface area is 148 Å². The molecule has 0 aromatic heterocycles. The van der Waals surface area contributed by atoms with Crippen LogP contribution in [0.2, 0.25) is 0 Å². The Hall–Kier alpha value is -2.33. The minimum absolute atomic E-state index is 0.159. The van der Waals surface area contributed by atoms with Crippen molar-refractivity contribution >= 4 is 5.97 Å². The summed E-state index contributed by atoms with van der Waals surface area (Å²) >= 11 is 0. The van der Waals surface area contributed by atoms with Gasteiger partial charge >= 0.3 is 5.97 Å². The molecule has 1 aliphatic heterocycles. The largest absolute Gasteiger partial charge is 0.493 e. The van der Waals surface area contributed by atoms with Crippen LogP contribution in [0.3, 0.4) is 0 Å². The van der Waals surface area contributed by atoms with Crippen LogP contribution >= 0.6 is 0 Å². The van der Waals surface area contributed by atoms with Crippen LogP contribution in [0.25, 0.3) is 0 Å². The second-order valence-electron chi connectivity index (χ2n) is 6.75. The topological polar surface area (TPSA) is 72.6 Å². The van der Waals surface area contributed by atoms with Crippen LogP contribution < -0.4 is 10.5 Å². The number of aliphatic carboxylic acids is 1. The second-order valence-corrected chi connectivity index (χ2v) is 6.75. The first kappa shape index (κ1) is 17.5. The lowest BCUT2D eigenvalue weighted by Crippen LogP contribution is -2.05. The predicted octanol–water partition coefficient (Wildman–Crippen LogP) is 3.83. The molecule has 0 fully saturated rings. The molecule has 2 aliphatic rings. The molecule has 0 amide bonds. The number of aryl methyl sites for hydroxylation is 1. The number of carbonyl (C=O) groups is 1. The molecule has 4 heteroatoms. The summed E-state index contributed by atoms with van der Waals surface area (Å²) in [6.07, 6.45) is 3.18. The third-order valence-corrected chi connectivity index (χ3v) is 4.93. The minimum Gasteiger partial charge on any atom is -0.493 e. The average Bonchev–Trinajstić information content (AvgIpc) is 3.22. The highest BCUT2D eigenvalue weighted by Crippen LogP contribution is 2.43. The van der Waals surface area contributed by atoms with E-state index in [9.17, 15) is 4.79 Å². The van der Waals surface area contributed by atoms with Crippen molar-refractivity contribution in [2.45, 2.75) is 44.6 Å². The van der Waals surface area contributed by atoms with E-state index in [1.807, 2.05) is 43.3 Å². The first-order valence-corrected chi connectivity index (χ1v) is 8.86. The fourth-order valence-corrected chi connectivity index (χ4v) is 3.72. The highest BCUT2D eigenvalue weighted by Gasteiger charge is 2.30. The molecule has 2 atom stereocenters. The minimum atomic E-state index is -0.700. The van der Waals surface area contributed by atoms with Gasteiger partial charge in [-0.1, -0.05) is 36.4 Å². The Morgan fingerprint density at radius 2 is 2.00 bits per heavy atom. The van der Waals surface area contributed by atoms with Crippen molar-refractivity contribution in [3.05, 3.63) is 64.7 Å². The van der Waals surface area contributed by atoms with Gasteiger partial charge in [-0.2, -0.15) is 0 Å². The van der Waals surface area contributed by atoms with Crippen LogP contribution in [-0.2, 0) is 17.6 Å². The van der Waals surface area contributed by atoms with Crippen molar-refractivity contribution in [1.82, 2.24) is 0 Å². The molecular weight excluding hydrogens is 314 g/mol. The zero-order chi connectivity index (χ0) is 17.8. The van der Waals surface area contributed by atoms with E-state index in [1.165, 1.54) is 22.3 Å².